The van der Waals surface area contributed by atoms with Crippen LogP contribution in [0.3, 0.4) is 0 Å². The lowest BCUT2D eigenvalue weighted by Gasteiger charge is -2.23. The van der Waals surface area contributed by atoms with Crippen LogP contribution >= 0.6 is 0 Å². The van der Waals surface area contributed by atoms with Gasteiger partial charge in [-0.3, -0.25) is 5.32 Å². The summed E-state index contributed by atoms with van der Waals surface area (Å²) in [6, 6.07) is 13.9. The van der Waals surface area contributed by atoms with Crippen molar-refractivity contribution in [2.75, 3.05) is 25.0 Å². The van der Waals surface area contributed by atoms with Crippen molar-refractivity contribution in [3.8, 4) is 0 Å². The Kier molecular flexibility index (Phi) is 4.25. The highest BCUT2D eigenvalue weighted by Gasteiger charge is 2.49. The van der Waals surface area contributed by atoms with Crippen LogP contribution in [0.1, 0.15) is 11.5 Å². The summed E-state index contributed by atoms with van der Waals surface area (Å²) in [5.74, 6) is -0.141. The SMILES string of the molecule is O=C(Nc1ccccn1)N1C[C@H](c2ccccc2)[C@](F)(CO)C1. The number of likely N-dealkylation sites (tertiary alicyclic amines) is 1. The monoisotopic (exact) mass is 315 g/mol. The molecule has 2 N–H and O–H groups in total. The number of aliphatic hydroxyl groups excluding tert-OH is 1. The third kappa shape index (κ3) is 3.17. The largest absolute Gasteiger partial charge is 0.393 e. The first kappa shape index (κ1) is 15.4. The number of halogens is 1. The fraction of sp³-hybridized carbons (Fsp3) is 0.294. The summed E-state index contributed by atoms with van der Waals surface area (Å²) in [7, 11) is 0. The molecule has 1 aromatic heterocycles. The molecule has 2 aromatic rings. The Balaban J connectivity index is 1.77. The van der Waals surface area contributed by atoms with Crippen molar-refractivity contribution in [3.63, 3.8) is 0 Å². The summed E-state index contributed by atoms with van der Waals surface area (Å²) in [6.07, 6.45) is 1.57. The normalized spacial score (nSPS) is 23.7. The van der Waals surface area contributed by atoms with Crippen molar-refractivity contribution in [1.82, 2.24) is 9.88 Å². The van der Waals surface area contributed by atoms with E-state index in [1.807, 2.05) is 30.3 Å². The number of pyridine rings is 1. The van der Waals surface area contributed by atoms with Crippen LogP contribution in [-0.4, -0.2) is 46.4 Å². The minimum Gasteiger partial charge on any atom is -0.393 e. The fourth-order valence-corrected chi connectivity index (χ4v) is 2.91. The van der Waals surface area contributed by atoms with Gasteiger partial charge in [-0.15, -0.1) is 0 Å². The molecule has 23 heavy (non-hydrogen) atoms. The summed E-state index contributed by atoms with van der Waals surface area (Å²) in [5.41, 5.74) is -1.07. The molecule has 0 radical (unpaired) electrons. The average molecular weight is 315 g/mol. The Morgan fingerprint density at radius 1 is 1.30 bits per heavy atom. The minimum atomic E-state index is -1.84. The number of rotatable bonds is 3. The summed E-state index contributed by atoms with van der Waals surface area (Å²) < 4.78 is 15.1. The van der Waals surface area contributed by atoms with E-state index in [2.05, 4.69) is 10.3 Å². The van der Waals surface area contributed by atoms with Crippen LogP contribution in [0.5, 0.6) is 0 Å². The van der Waals surface area contributed by atoms with Crippen LogP contribution in [0, 0.1) is 0 Å². The Labute approximate surface area is 133 Å². The van der Waals surface area contributed by atoms with E-state index >= 15 is 4.39 Å². The Morgan fingerprint density at radius 3 is 2.70 bits per heavy atom. The molecular formula is C17H18FN3O2. The van der Waals surface area contributed by atoms with Gasteiger partial charge in [-0.05, 0) is 17.7 Å². The maximum Gasteiger partial charge on any atom is 0.323 e. The molecule has 0 aliphatic carbocycles. The van der Waals surface area contributed by atoms with Crippen molar-refractivity contribution < 1.29 is 14.3 Å². The van der Waals surface area contributed by atoms with Crippen molar-refractivity contribution in [2.24, 2.45) is 0 Å². The van der Waals surface area contributed by atoms with Gasteiger partial charge in [0.05, 0.1) is 13.2 Å². The molecular weight excluding hydrogens is 297 g/mol. The van der Waals surface area contributed by atoms with E-state index < -0.39 is 24.2 Å². The summed E-state index contributed by atoms with van der Waals surface area (Å²) >= 11 is 0. The highest BCUT2D eigenvalue weighted by atomic mass is 19.1. The van der Waals surface area contributed by atoms with Crippen molar-refractivity contribution in [1.29, 1.82) is 0 Å². The van der Waals surface area contributed by atoms with Crippen LogP contribution in [0.4, 0.5) is 15.0 Å². The predicted molar refractivity (Wildman–Crippen MR) is 84.9 cm³/mol. The molecule has 0 spiro atoms. The molecule has 120 valence electrons. The summed E-state index contributed by atoms with van der Waals surface area (Å²) in [4.78, 5) is 17.7. The van der Waals surface area contributed by atoms with Crippen LogP contribution in [0.25, 0.3) is 0 Å². The molecule has 1 fully saturated rings. The van der Waals surface area contributed by atoms with E-state index in [1.54, 1.807) is 24.4 Å². The van der Waals surface area contributed by atoms with Crippen molar-refractivity contribution in [3.05, 3.63) is 60.3 Å². The predicted octanol–water partition coefficient (Wildman–Crippen LogP) is 2.41. The van der Waals surface area contributed by atoms with Gasteiger partial charge in [-0.1, -0.05) is 36.4 Å². The first-order valence-electron chi connectivity index (χ1n) is 7.44. The van der Waals surface area contributed by atoms with E-state index in [0.29, 0.717) is 5.82 Å². The molecule has 5 nitrogen and oxygen atoms in total. The van der Waals surface area contributed by atoms with E-state index in [1.165, 1.54) is 4.90 Å². The zero-order valence-corrected chi connectivity index (χ0v) is 12.5. The smallest absolute Gasteiger partial charge is 0.323 e. The van der Waals surface area contributed by atoms with Gasteiger partial charge in [-0.25, -0.2) is 14.2 Å². The number of anilines is 1. The van der Waals surface area contributed by atoms with E-state index in [0.717, 1.165) is 5.56 Å². The van der Waals surface area contributed by atoms with Crippen molar-refractivity contribution in [2.45, 2.75) is 11.6 Å². The number of aliphatic hydroxyl groups is 1. The second-order valence-electron chi connectivity index (χ2n) is 5.68. The zero-order chi connectivity index (χ0) is 16.3. The number of benzene rings is 1. The number of carbonyl (C=O) groups is 1. The van der Waals surface area contributed by atoms with E-state index in [9.17, 15) is 9.90 Å². The molecule has 6 heteroatoms. The van der Waals surface area contributed by atoms with Crippen LogP contribution in [0.15, 0.2) is 54.7 Å². The molecule has 0 unspecified atom stereocenters. The number of nitrogens with zero attached hydrogens (tertiary/aromatic N) is 2. The standard InChI is InChI=1S/C17H18FN3O2/c18-17(12-22)11-21(10-14(17)13-6-2-1-3-7-13)16(23)20-15-8-4-5-9-19-15/h1-9,14,22H,10-12H2,(H,19,20,23)/t14-,17-/m1/s1. The molecule has 1 aromatic carbocycles. The lowest BCUT2D eigenvalue weighted by atomic mass is 9.87. The van der Waals surface area contributed by atoms with Gasteiger partial charge >= 0.3 is 6.03 Å². The Bertz CT molecular complexity index is 668. The van der Waals surface area contributed by atoms with Crippen LogP contribution < -0.4 is 5.32 Å². The number of urea groups is 1. The summed E-state index contributed by atoms with van der Waals surface area (Å²) in [6.45, 7) is -0.568. The molecule has 2 amide bonds. The number of carbonyl (C=O) groups excluding carboxylic acids is 1. The molecule has 2 heterocycles. The maximum absolute atomic E-state index is 15.1. The van der Waals surface area contributed by atoms with Crippen LogP contribution in [-0.2, 0) is 0 Å². The molecule has 0 bridgehead atoms. The van der Waals surface area contributed by atoms with Gasteiger partial charge < -0.3 is 10.0 Å². The van der Waals surface area contributed by atoms with Gasteiger partial charge in [0, 0.05) is 18.7 Å². The molecule has 1 aliphatic heterocycles. The number of nitrogens with one attached hydrogen (secondary N) is 1. The first-order valence-corrected chi connectivity index (χ1v) is 7.44. The third-order valence-corrected chi connectivity index (χ3v) is 4.13. The van der Waals surface area contributed by atoms with Crippen LogP contribution in [0.2, 0.25) is 0 Å². The topological polar surface area (TPSA) is 65.5 Å². The summed E-state index contributed by atoms with van der Waals surface area (Å²) in [5, 5.41) is 12.1. The third-order valence-electron chi connectivity index (χ3n) is 4.13. The molecule has 1 aliphatic rings. The second-order valence-corrected chi connectivity index (χ2v) is 5.68. The van der Waals surface area contributed by atoms with E-state index in [4.69, 9.17) is 0 Å². The van der Waals surface area contributed by atoms with Gasteiger partial charge in [-0.2, -0.15) is 0 Å². The van der Waals surface area contributed by atoms with Gasteiger partial charge in [0.2, 0.25) is 0 Å². The number of hydrogen-bond acceptors (Lipinski definition) is 3. The molecule has 0 saturated carbocycles. The average Bonchev–Trinajstić information content (AvgIpc) is 2.95. The molecule has 2 atom stereocenters. The Morgan fingerprint density at radius 2 is 2.04 bits per heavy atom. The second kappa shape index (κ2) is 6.34. The maximum atomic E-state index is 15.1. The molecule has 1 saturated heterocycles. The number of aromatic nitrogens is 1. The quantitative estimate of drug-likeness (QED) is 0.914. The fourth-order valence-electron chi connectivity index (χ4n) is 2.91. The lowest BCUT2D eigenvalue weighted by molar-refractivity contribution is 0.0680. The first-order chi connectivity index (χ1) is 11.1. The number of hydrogen-bond donors (Lipinski definition) is 2. The number of alkyl halides is 1. The van der Waals surface area contributed by atoms with Crippen molar-refractivity contribution >= 4 is 11.8 Å². The highest BCUT2D eigenvalue weighted by Crippen LogP contribution is 2.39. The minimum absolute atomic E-state index is 0.151. The van der Waals surface area contributed by atoms with Gasteiger partial charge in [0.15, 0.2) is 5.67 Å². The van der Waals surface area contributed by atoms with E-state index in [-0.39, 0.29) is 13.1 Å². The lowest BCUT2D eigenvalue weighted by Crippen LogP contribution is -2.39. The van der Waals surface area contributed by atoms with Gasteiger partial charge in [0.25, 0.3) is 0 Å². The zero-order valence-electron chi connectivity index (χ0n) is 12.5. The Hall–Kier alpha value is -2.47. The van der Waals surface area contributed by atoms with Gasteiger partial charge in [0.1, 0.15) is 5.82 Å². The highest BCUT2D eigenvalue weighted by molar-refractivity contribution is 5.88. The molecule has 3 rings (SSSR count). The number of amides is 2.